The Kier molecular flexibility index (Phi) is 57.5. The molecule has 5 unspecified atom stereocenters. The van der Waals surface area contributed by atoms with Crippen molar-refractivity contribution in [1.29, 1.82) is 0 Å². The first-order chi connectivity index (χ1) is 11.4. The predicted octanol–water partition coefficient (Wildman–Crippen LogP) is 0.724. The zero-order chi connectivity index (χ0) is 21.4. The third kappa shape index (κ3) is 122. The molecule has 26 heavy (non-hydrogen) atoms. The Bertz CT molecular complexity index is 141. The zero-order valence-electron chi connectivity index (χ0n) is 18.9. The van der Waals surface area contributed by atoms with Crippen LogP contribution < -0.4 is 25.5 Å². The summed E-state index contributed by atoms with van der Waals surface area (Å²) >= 11 is 0. The molecule has 0 bridgehead atoms. The molecule has 160 valence electrons. The van der Waals surface area contributed by atoms with Gasteiger partial charge in [0, 0.05) is 0 Å². The summed E-state index contributed by atoms with van der Waals surface area (Å²) in [6.45, 7) is 17.8. The van der Waals surface area contributed by atoms with E-state index in [9.17, 15) is 25.5 Å². The average Bonchev–Trinajstić information content (AvgIpc) is 2.56. The fourth-order valence-electron chi connectivity index (χ4n) is 0. The molecule has 0 aromatic heterocycles. The van der Waals surface area contributed by atoms with E-state index in [2.05, 4.69) is 0 Å². The summed E-state index contributed by atoms with van der Waals surface area (Å²) in [5.41, 5.74) is 0. The Labute approximate surface area is 179 Å². The van der Waals surface area contributed by atoms with Crippen molar-refractivity contribution in [2.45, 2.75) is 132 Å². The second-order valence-electron chi connectivity index (χ2n) is 6.09. The van der Waals surface area contributed by atoms with Crippen LogP contribution in [0.4, 0.5) is 0 Å². The summed E-state index contributed by atoms with van der Waals surface area (Å²) in [4.78, 5) is 0. The SMILES string of the molecule is CCC(C)[O-].CCC(C)[O-].CCC(C)[O-].CCC(C)[O-].CCC(C)[O-].[Ta+5]. The summed E-state index contributed by atoms with van der Waals surface area (Å²) in [6.07, 6.45) is 1.92. The van der Waals surface area contributed by atoms with Gasteiger partial charge in [0.25, 0.3) is 0 Å². The molecule has 0 aromatic carbocycles. The van der Waals surface area contributed by atoms with Crippen LogP contribution in [0.3, 0.4) is 0 Å². The van der Waals surface area contributed by atoms with Crippen molar-refractivity contribution < 1.29 is 47.9 Å². The molecule has 0 amide bonds. The quantitative estimate of drug-likeness (QED) is 0.504. The molecule has 0 fully saturated rings. The van der Waals surface area contributed by atoms with E-state index in [-0.39, 0.29) is 52.9 Å². The fraction of sp³-hybridized carbons (Fsp3) is 1.00. The smallest absolute Gasteiger partial charge is 0.852 e. The molecule has 0 spiro atoms. The first-order valence-electron chi connectivity index (χ1n) is 9.64. The minimum Gasteiger partial charge on any atom is -0.852 e. The van der Waals surface area contributed by atoms with Crippen LogP contribution in [0.25, 0.3) is 0 Å². The third-order valence-electron chi connectivity index (χ3n) is 2.87. The van der Waals surface area contributed by atoms with Gasteiger partial charge in [0.15, 0.2) is 0 Å². The second-order valence-corrected chi connectivity index (χ2v) is 6.09. The van der Waals surface area contributed by atoms with Gasteiger partial charge in [-0.1, -0.05) is 101 Å². The van der Waals surface area contributed by atoms with E-state index < -0.39 is 0 Å². The number of hydrogen-bond donors (Lipinski definition) is 0. The zero-order valence-corrected chi connectivity index (χ0v) is 22.1. The van der Waals surface area contributed by atoms with Crippen LogP contribution in [-0.2, 0) is 22.4 Å². The van der Waals surface area contributed by atoms with E-state index in [0.717, 1.165) is 32.1 Å². The summed E-state index contributed by atoms with van der Waals surface area (Å²) in [5, 5.41) is 49.5. The van der Waals surface area contributed by atoms with Crippen molar-refractivity contribution >= 4 is 0 Å². The van der Waals surface area contributed by atoms with Crippen LogP contribution in [0.1, 0.15) is 101 Å². The van der Waals surface area contributed by atoms with Crippen LogP contribution in [0.15, 0.2) is 0 Å². The molecule has 0 rings (SSSR count). The Balaban J connectivity index is -0.0000000476. The van der Waals surface area contributed by atoms with Crippen molar-refractivity contribution in [2.75, 3.05) is 0 Å². The first-order valence-corrected chi connectivity index (χ1v) is 9.64. The molecule has 0 N–H and O–H groups in total. The molecule has 0 saturated heterocycles. The molecule has 0 aliphatic heterocycles. The van der Waals surface area contributed by atoms with Gasteiger partial charge in [-0.2, -0.15) is 0 Å². The summed E-state index contributed by atoms with van der Waals surface area (Å²) < 4.78 is 0. The molecule has 0 aromatic rings. The van der Waals surface area contributed by atoms with Gasteiger partial charge in [0.1, 0.15) is 0 Å². The maximum Gasteiger partial charge on any atom is 5.00 e. The van der Waals surface area contributed by atoms with E-state index in [1.54, 1.807) is 34.6 Å². The maximum atomic E-state index is 9.90. The Morgan fingerprint density at radius 2 is 0.423 bits per heavy atom. The molecule has 0 heterocycles. The van der Waals surface area contributed by atoms with E-state index >= 15 is 0 Å². The predicted molar refractivity (Wildman–Crippen MR) is 98.8 cm³/mol. The van der Waals surface area contributed by atoms with Gasteiger partial charge in [-0.3, -0.25) is 0 Å². The molecule has 0 aliphatic carbocycles. The molecule has 6 heteroatoms. The second kappa shape index (κ2) is 36.5. The van der Waals surface area contributed by atoms with Crippen molar-refractivity contribution in [3.05, 3.63) is 0 Å². The van der Waals surface area contributed by atoms with Gasteiger partial charge in [-0.05, 0) is 0 Å². The van der Waals surface area contributed by atoms with E-state index in [4.69, 9.17) is 0 Å². The van der Waals surface area contributed by atoms with Gasteiger partial charge in [0.2, 0.25) is 0 Å². The van der Waals surface area contributed by atoms with Gasteiger partial charge in [-0.25, -0.2) is 0 Å². The van der Waals surface area contributed by atoms with Crippen LogP contribution in [0.5, 0.6) is 0 Å². The fourth-order valence-corrected chi connectivity index (χ4v) is 0. The van der Waals surface area contributed by atoms with Crippen molar-refractivity contribution in [1.82, 2.24) is 0 Å². The number of hydrogen-bond acceptors (Lipinski definition) is 5. The Morgan fingerprint density at radius 1 is 0.385 bits per heavy atom. The molecular formula is C20H45O5Ta. The van der Waals surface area contributed by atoms with Crippen molar-refractivity contribution in [3.8, 4) is 0 Å². The van der Waals surface area contributed by atoms with Crippen LogP contribution in [-0.4, -0.2) is 30.5 Å². The van der Waals surface area contributed by atoms with Gasteiger partial charge in [0.05, 0.1) is 0 Å². The van der Waals surface area contributed by atoms with E-state index in [0.29, 0.717) is 0 Å². The first kappa shape index (κ1) is 41.0. The summed E-state index contributed by atoms with van der Waals surface area (Å²) in [6, 6.07) is 0. The Morgan fingerprint density at radius 3 is 0.423 bits per heavy atom. The van der Waals surface area contributed by atoms with Crippen molar-refractivity contribution in [3.63, 3.8) is 0 Å². The van der Waals surface area contributed by atoms with Crippen LogP contribution >= 0.6 is 0 Å². The van der Waals surface area contributed by atoms with Crippen LogP contribution in [0, 0.1) is 0 Å². The summed E-state index contributed by atoms with van der Waals surface area (Å²) in [5.74, 6) is 0. The topological polar surface area (TPSA) is 115 Å². The minimum atomic E-state index is -0.366. The molecule has 0 radical (unpaired) electrons. The normalized spacial score (nSPS) is 14.4. The Hall–Kier alpha value is 0.540. The van der Waals surface area contributed by atoms with Crippen molar-refractivity contribution in [2.24, 2.45) is 0 Å². The van der Waals surface area contributed by atoms with Gasteiger partial charge >= 0.3 is 22.4 Å². The summed E-state index contributed by atoms with van der Waals surface area (Å²) in [7, 11) is 0. The largest absolute Gasteiger partial charge is 5.00 e. The molecule has 5 atom stereocenters. The molecule has 0 saturated carbocycles. The third-order valence-corrected chi connectivity index (χ3v) is 2.87. The van der Waals surface area contributed by atoms with E-state index in [1.807, 2.05) is 34.6 Å². The maximum absolute atomic E-state index is 9.90. The monoisotopic (exact) mass is 546 g/mol. The molecule has 0 aliphatic rings. The van der Waals surface area contributed by atoms with Gasteiger partial charge in [-0.15, -0.1) is 30.5 Å². The van der Waals surface area contributed by atoms with E-state index in [1.165, 1.54) is 0 Å². The van der Waals surface area contributed by atoms with Crippen LogP contribution in [0.2, 0.25) is 0 Å². The average molecular weight is 547 g/mol. The number of rotatable bonds is 5. The minimum absolute atomic E-state index is 0. The molecular weight excluding hydrogens is 501 g/mol. The van der Waals surface area contributed by atoms with Gasteiger partial charge < -0.3 is 25.5 Å². The standard InChI is InChI=1S/5C4H9O.Ta/c5*1-3-4(2)5;/h5*4H,3H2,1-2H3;/q5*-1;+5. The molecule has 5 nitrogen and oxygen atoms in total.